The predicted molar refractivity (Wildman–Crippen MR) is 83.5 cm³/mol. The van der Waals surface area contributed by atoms with Crippen LogP contribution in [0.1, 0.15) is 54.4 Å². The second-order valence-corrected chi connectivity index (χ2v) is 8.93. The quantitative estimate of drug-likeness (QED) is 0.744. The van der Waals surface area contributed by atoms with Gasteiger partial charge in [0, 0.05) is 0 Å². The molecule has 2 bridgehead atoms. The Bertz CT molecular complexity index is 520. The molecule has 3 heterocycles. The number of fused-ring (bicyclic) bond motifs is 1. The Labute approximate surface area is 138 Å². The van der Waals surface area contributed by atoms with Crippen LogP contribution in [0.2, 0.25) is 0 Å². The SMILES string of the molecule is CC(C)CC(C)(C(=O)OC1C2CC3C(=O)OC1C3O2)C(C)(C)C. The summed E-state index contributed by atoms with van der Waals surface area (Å²) in [6, 6.07) is 0. The van der Waals surface area contributed by atoms with Crippen molar-refractivity contribution >= 4 is 11.9 Å². The number of esters is 2. The maximum atomic E-state index is 13.0. The molecular formula is C18H28O5. The summed E-state index contributed by atoms with van der Waals surface area (Å²) < 4.78 is 17.1. The Kier molecular flexibility index (Phi) is 3.79. The first-order valence-corrected chi connectivity index (χ1v) is 8.61. The van der Waals surface area contributed by atoms with E-state index in [1.807, 2.05) is 6.92 Å². The van der Waals surface area contributed by atoms with E-state index < -0.39 is 17.6 Å². The highest BCUT2D eigenvalue weighted by atomic mass is 16.7. The van der Waals surface area contributed by atoms with E-state index in [1.165, 1.54) is 0 Å². The lowest BCUT2D eigenvalue weighted by atomic mass is 9.64. The van der Waals surface area contributed by atoms with Crippen molar-refractivity contribution in [3.05, 3.63) is 0 Å². The van der Waals surface area contributed by atoms with Crippen molar-refractivity contribution in [3.63, 3.8) is 0 Å². The van der Waals surface area contributed by atoms with Crippen LogP contribution in [0.25, 0.3) is 0 Å². The van der Waals surface area contributed by atoms with Gasteiger partial charge in [-0.15, -0.1) is 0 Å². The van der Waals surface area contributed by atoms with Crippen LogP contribution in [0, 0.1) is 22.7 Å². The van der Waals surface area contributed by atoms with Crippen LogP contribution in [-0.4, -0.2) is 36.4 Å². The first kappa shape index (κ1) is 16.7. The molecule has 0 amide bonds. The van der Waals surface area contributed by atoms with Gasteiger partial charge in [-0.05, 0) is 31.1 Å². The lowest BCUT2D eigenvalue weighted by Crippen LogP contribution is -2.48. The van der Waals surface area contributed by atoms with Crippen LogP contribution in [0.4, 0.5) is 0 Å². The number of hydrogen-bond acceptors (Lipinski definition) is 5. The summed E-state index contributed by atoms with van der Waals surface area (Å²) in [4.78, 5) is 24.8. The molecule has 0 aromatic rings. The predicted octanol–water partition coefficient (Wildman–Crippen LogP) is 2.71. The first-order chi connectivity index (χ1) is 10.5. The largest absolute Gasteiger partial charge is 0.455 e. The summed E-state index contributed by atoms with van der Waals surface area (Å²) in [5.74, 6) is -0.192. The van der Waals surface area contributed by atoms with Crippen LogP contribution < -0.4 is 0 Å². The van der Waals surface area contributed by atoms with Crippen molar-refractivity contribution in [1.82, 2.24) is 0 Å². The van der Waals surface area contributed by atoms with E-state index in [0.717, 1.165) is 6.42 Å². The molecule has 0 N–H and O–H groups in total. The van der Waals surface area contributed by atoms with Crippen molar-refractivity contribution in [3.8, 4) is 0 Å². The van der Waals surface area contributed by atoms with Gasteiger partial charge in [0.15, 0.2) is 12.2 Å². The van der Waals surface area contributed by atoms with Gasteiger partial charge < -0.3 is 14.2 Å². The number of carbonyl (C=O) groups is 2. The Balaban J connectivity index is 1.77. The van der Waals surface area contributed by atoms with Crippen molar-refractivity contribution in [1.29, 1.82) is 0 Å². The molecule has 5 nitrogen and oxygen atoms in total. The van der Waals surface area contributed by atoms with Crippen LogP contribution in [0.5, 0.6) is 0 Å². The van der Waals surface area contributed by atoms with Gasteiger partial charge in [-0.3, -0.25) is 9.59 Å². The second kappa shape index (κ2) is 5.20. The second-order valence-electron chi connectivity index (χ2n) is 8.93. The third-order valence-corrected chi connectivity index (χ3v) is 5.95. The minimum absolute atomic E-state index is 0.162. The van der Waals surface area contributed by atoms with Crippen LogP contribution in [-0.2, 0) is 23.8 Å². The fourth-order valence-electron chi connectivity index (χ4n) is 4.15. The molecule has 3 aliphatic heterocycles. The summed E-state index contributed by atoms with van der Waals surface area (Å²) in [6.07, 6.45) is 0.0609. The minimum Gasteiger partial charge on any atom is -0.455 e. The molecule has 0 spiro atoms. The van der Waals surface area contributed by atoms with Crippen LogP contribution in [0.3, 0.4) is 0 Å². The van der Waals surface area contributed by atoms with Crippen molar-refractivity contribution in [2.75, 3.05) is 0 Å². The molecule has 0 aliphatic carbocycles. The number of carbonyl (C=O) groups excluding carboxylic acids is 2. The molecule has 130 valence electrons. The maximum absolute atomic E-state index is 13.0. The molecule has 23 heavy (non-hydrogen) atoms. The summed E-state index contributed by atoms with van der Waals surface area (Å²) in [7, 11) is 0. The molecule has 0 aromatic heterocycles. The third-order valence-electron chi connectivity index (χ3n) is 5.95. The number of ether oxygens (including phenoxy) is 3. The summed E-state index contributed by atoms with van der Waals surface area (Å²) in [6.45, 7) is 12.4. The zero-order valence-electron chi connectivity index (χ0n) is 14.9. The molecule has 3 saturated heterocycles. The smallest absolute Gasteiger partial charge is 0.312 e. The van der Waals surface area contributed by atoms with Gasteiger partial charge in [-0.1, -0.05) is 34.6 Å². The Morgan fingerprint density at radius 3 is 2.48 bits per heavy atom. The maximum Gasteiger partial charge on any atom is 0.312 e. The van der Waals surface area contributed by atoms with Gasteiger partial charge in [0.1, 0.15) is 6.10 Å². The van der Waals surface area contributed by atoms with Crippen molar-refractivity contribution in [2.45, 2.75) is 78.8 Å². The topological polar surface area (TPSA) is 61.8 Å². The van der Waals surface area contributed by atoms with Gasteiger partial charge in [0.2, 0.25) is 0 Å². The van der Waals surface area contributed by atoms with Crippen LogP contribution >= 0.6 is 0 Å². The van der Waals surface area contributed by atoms with E-state index in [-0.39, 0.29) is 35.5 Å². The normalized spacial score (nSPS) is 37.9. The molecule has 0 aromatic carbocycles. The van der Waals surface area contributed by atoms with Gasteiger partial charge in [0.05, 0.1) is 17.4 Å². The Hall–Kier alpha value is -1.10. The van der Waals surface area contributed by atoms with E-state index in [2.05, 4.69) is 34.6 Å². The fraction of sp³-hybridized carbons (Fsp3) is 0.889. The summed E-state index contributed by atoms with van der Waals surface area (Å²) in [5.41, 5.74) is -0.813. The lowest BCUT2D eigenvalue weighted by Gasteiger charge is -2.42. The standard InChI is InChI=1S/C18H28O5/c1-9(2)8-18(6,17(3,4)5)16(20)23-13-11-7-10-12(21-11)14(13)22-15(10)19/h9-14H,7-8H2,1-6H3. The van der Waals surface area contributed by atoms with E-state index in [4.69, 9.17) is 14.2 Å². The summed E-state index contributed by atoms with van der Waals surface area (Å²) in [5, 5.41) is 0. The summed E-state index contributed by atoms with van der Waals surface area (Å²) >= 11 is 0. The monoisotopic (exact) mass is 324 g/mol. The van der Waals surface area contributed by atoms with E-state index in [9.17, 15) is 9.59 Å². The molecule has 3 rings (SSSR count). The molecule has 0 saturated carbocycles. The molecule has 0 radical (unpaired) electrons. The van der Waals surface area contributed by atoms with Crippen LogP contribution in [0.15, 0.2) is 0 Å². The van der Waals surface area contributed by atoms with Gasteiger partial charge >= 0.3 is 11.9 Å². The van der Waals surface area contributed by atoms with Crippen molar-refractivity contribution < 1.29 is 23.8 Å². The van der Waals surface area contributed by atoms with Gasteiger partial charge in [0.25, 0.3) is 0 Å². The van der Waals surface area contributed by atoms with Gasteiger partial charge in [-0.2, -0.15) is 0 Å². The van der Waals surface area contributed by atoms with E-state index in [0.29, 0.717) is 12.3 Å². The van der Waals surface area contributed by atoms with Crippen molar-refractivity contribution in [2.24, 2.45) is 22.7 Å². The molecular weight excluding hydrogens is 296 g/mol. The highest BCUT2D eigenvalue weighted by Gasteiger charge is 2.65. The minimum atomic E-state index is -0.592. The van der Waals surface area contributed by atoms with E-state index in [1.54, 1.807) is 0 Å². The average molecular weight is 324 g/mol. The molecule has 3 fully saturated rings. The average Bonchev–Trinajstić information content (AvgIpc) is 3.01. The highest BCUT2D eigenvalue weighted by molar-refractivity contribution is 5.79. The molecule has 6 unspecified atom stereocenters. The highest BCUT2D eigenvalue weighted by Crippen LogP contribution is 2.50. The zero-order valence-corrected chi connectivity index (χ0v) is 14.9. The third kappa shape index (κ3) is 2.48. The molecule has 6 atom stereocenters. The number of rotatable bonds is 4. The lowest BCUT2D eigenvalue weighted by molar-refractivity contribution is -0.177. The first-order valence-electron chi connectivity index (χ1n) is 8.61. The Morgan fingerprint density at radius 1 is 1.26 bits per heavy atom. The van der Waals surface area contributed by atoms with E-state index >= 15 is 0 Å². The number of hydrogen-bond donors (Lipinski definition) is 0. The van der Waals surface area contributed by atoms with Gasteiger partial charge in [-0.25, -0.2) is 0 Å². The molecule has 5 heteroatoms. The zero-order chi connectivity index (χ0) is 17.2. The Morgan fingerprint density at radius 2 is 1.91 bits per heavy atom. The fourth-order valence-corrected chi connectivity index (χ4v) is 4.15. The molecule has 3 aliphatic rings.